The standard InChI is InChI=1S/C24H25N/c1-19-14-16-22(17-15-19)25(18-20-8-3-2-4-9-20)24-13-7-11-21-10-5-6-12-23(21)24/h2-6,8,10,12-17,20H,7,9,11,18H2,1H3. The Morgan fingerprint density at radius 2 is 1.84 bits per heavy atom. The van der Waals surface area contributed by atoms with Crippen molar-refractivity contribution in [2.45, 2.75) is 26.2 Å². The van der Waals surface area contributed by atoms with E-state index in [1.165, 1.54) is 28.1 Å². The molecule has 0 fully saturated rings. The molecule has 1 nitrogen and oxygen atoms in total. The molecule has 2 aromatic carbocycles. The normalized spacial score (nSPS) is 18.6. The Balaban J connectivity index is 1.72. The smallest absolute Gasteiger partial charge is 0.0446 e. The highest BCUT2D eigenvalue weighted by Gasteiger charge is 2.21. The van der Waals surface area contributed by atoms with E-state index in [1.54, 1.807) is 0 Å². The second-order valence-corrected chi connectivity index (χ2v) is 7.04. The van der Waals surface area contributed by atoms with Gasteiger partial charge in [-0.15, -0.1) is 0 Å². The molecular formula is C24H25N. The summed E-state index contributed by atoms with van der Waals surface area (Å²) in [4.78, 5) is 2.52. The lowest BCUT2D eigenvalue weighted by Crippen LogP contribution is -2.29. The molecule has 25 heavy (non-hydrogen) atoms. The Morgan fingerprint density at radius 3 is 2.64 bits per heavy atom. The van der Waals surface area contributed by atoms with Crippen molar-refractivity contribution in [1.29, 1.82) is 0 Å². The number of fused-ring (bicyclic) bond motifs is 1. The lowest BCUT2D eigenvalue weighted by molar-refractivity contribution is 0.657. The minimum Gasteiger partial charge on any atom is -0.341 e. The number of hydrogen-bond acceptors (Lipinski definition) is 1. The molecule has 2 aliphatic carbocycles. The first-order valence-electron chi connectivity index (χ1n) is 9.27. The number of aryl methyl sites for hydroxylation is 2. The molecule has 0 saturated heterocycles. The van der Waals surface area contributed by atoms with Crippen LogP contribution in [0.15, 0.2) is 78.9 Å². The van der Waals surface area contributed by atoms with Gasteiger partial charge in [0.05, 0.1) is 0 Å². The number of anilines is 1. The van der Waals surface area contributed by atoms with Crippen molar-refractivity contribution >= 4 is 11.4 Å². The van der Waals surface area contributed by atoms with Crippen molar-refractivity contribution in [3.05, 3.63) is 95.6 Å². The lowest BCUT2D eigenvalue weighted by atomic mass is 9.92. The summed E-state index contributed by atoms with van der Waals surface area (Å²) < 4.78 is 0. The summed E-state index contributed by atoms with van der Waals surface area (Å²) in [5, 5.41) is 0. The van der Waals surface area contributed by atoms with Gasteiger partial charge in [0.25, 0.3) is 0 Å². The first kappa shape index (κ1) is 16.0. The zero-order valence-electron chi connectivity index (χ0n) is 14.9. The number of nitrogens with zero attached hydrogens (tertiary/aromatic N) is 1. The molecule has 4 rings (SSSR count). The molecule has 0 bridgehead atoms. The largest absolute Gasteiger partial charge is 0.341 e. The summed E-state index contributed by atoms with van der Waals surface area (Å²) in [6.45, 7) is 3.17. The van der Waals surface area contributed by atoms with Crippen LogP contribution in [0.1, 0.15) is 29.5 Å². The molecule has 0 radical (unpaired) electrons. The van der Waals surface area contributed by atoms with Crippen LogP contribution in [0.4, 0.5) is 5.69 Å². The Morgan fingerprint density at radius 1 is 1.00 bits per heavy atom. The highest BCUT2D eigenvalue weighted by Crippen LogP contribution is 2.34. The van der Waals surface area contributed by atoms with Gasteiger partial charge in [-0.1, -0.05) is 72.3 Å². The van der Waals surface area contributed by atoms with Crippen LogP contribution in [0.3, 0.4) is 0 Å². The monoisotopic (exact) mass is 327 g/mol. The van der Waals surface area contributed by atoms with Gasteiger partial charge in [-0.2, -0.15) is 0 Å². The summed E-state index contributed by atoms with van der Waals surface area (Å²) in [5.41, 5.74) is 6.83. The van der Waals surface area contributed by atoms with E-state index >= 15 is 0 Å². The Kier molecular flexibility index (Phi) is 4.56. The SMILES string of the molecule is Cc1ccc(N(CC2C=CC=CC2)C2=CCCc3ccccc32)cc1. The molecule has 126 valence electrons. The molecule has 0 amide bonds. The minimum absolute atomic E-state index is 0.557. The fourth-order valence-electron chi connectivity index (χ4n) is 3.79. The van der Waals surface area contributed by atoms with E-state index < -0.39 is 0 Å². The maximum atomic E-state index is 2.52. The van der Waals surface area contributed by atoms with Gasteiger partial charge < -0.3 is 4.90 Å². The van der Waals surface area contributed by atoms with Crippen LogP contribution in [-0.4, -0.2) is 6.54 Å². The second-order valence-electron chi connectivity index (χ2n) is 7.04. The van der Waals surface area contributed by atoms with Crippen molar-refractivity contribution in [1.82, 2.24) is 0 Å². The molecule has 0 N–H and O–H groups in total. The van der Waals surface area contributed by atoms with E-state index in [1.807, 2.05) is 0 Å². The van der Waals surface area contributed by atoms with E-state index in [0.29, 0.717) is 5.92 Å². The van der Waals surface area contributed by atoms with Gasteiger partial charge >= 0.3 is 0 Å². The first-order valence-corrected chi connectivity index (χ1v) is 9.27. The van der Waals surface area contributed by atoms with Crippen LogP contribution in [0.5, 0.6) is 0 Å². The van der Waals surface area contributed by atoms with Gasteiger partial charge in [-0.05, 0) is 49.8 Å². The predicted octanol–water partition coefficient (Wildman–Crippen LogP) is 5.92. The molecule has 1 unspecified atom stereocenters. The van der Waals surface area contributed by atoms with Gasteiger partial charge in [0, 0.05) is 23.5 Å². The Labute approximate surface area is 151 Å². The molecular weight excluding hydrogens is 302 g/mol. The fraction of sp³-hybridized carbons (Fsp3) is 0.250. The van der Waals surface area contributed by atoms with Crippen LogP contribution in [-0.2, 0) is 6.42 Å². The van der Waals surface area contributed by atoms with Crippen molar-refractivity contribution < 1.29 is 0 Å². The molecule has 1 heteroatoms. The molecule has 0 heterocycles. The highest BCUT2D eigenvalue weighted by molar-refractivity contribution is 5.82. The third kappa shape index (κ3) is 3.46. The number of allylic oxidation sites excluding steroid dienone is 4. The van der Waals surface area contributed by atoms with Crippen LogP contribution in [0.2, 0.25) is 0 Å². The molecule has 0 aromatic heterocycles. The van der Waals surface area contributed by atoms with E-state index in [-0.39, 0.29) is 0 Å². The topological polar surface area (TPSA) is 3.24 Å². The average Bonchev–Trinajstić information content (AvgIpc) is 2.67. The van der Waals surface area contributed by atoms with E-state index in [0.717, 1.165) is 25.8 Å². The highest BCUT2D eigenvalue weighted by atomic mass is 15.1. The quantitative estimate of drug-likeness (QED) is 0.673. The summed E-state index contributed by atoms with van der Waals surface area (Å²) in [7, 11) is 0. The lowest BCUT2D eigenvalue weighted by Gasteiger charge is -2.33. The third-order valence-electron chi connectivity index (χ3n) is 5.17. The minimum atomic E-state index is 0.557. The molecule has 0 aliphatic heterocycles. The molecule has 2 aliphatic rings. The number of rotatable bonds is 4. The zero-order chi connectivity index (χ0) is 17.1. The summed E-state index contributed by atoms with van der Waals surface area (Å²) in [5.74, 6) is 0.557. The second kappa shape index (κ2) is 7.14. The maximum absolute atomic E-state index is 2.52. The van der Waals surface area contributed by atoms with E-state index in [2.05, 4.69) is 90.7 Å². The van der Waals surface area contributed by atoms with Crippen LogP contribution in [0, 0.1) is 12.8 Å². The van der Waals surface area contributed by atoms with Gasteiger partial charge in [-0.3, -0.25) is 0 Å². The third-order valence-corrected chi connectivity index (χ3v) is 5.17. The zero-order valence-corrected chi connectivity index (χ0v) is 14.9. The molecule has 2 aromatic rings. The fourth-order valence-corrected chi connectivity index (χ4v) is 3.79. The first-order chi connectivity index (χ1) is 12.3. The van der Waals surface area contributed by atoms with Crippen molar-refractivity contribution in [2.24, 2.45) is 5.92 Å². The van der Waals surface area contributed by atoms with E-state index in [4.69, 9.17) is 0 Å². The predicted molar refractivity (Wildman–Crippen MR) is 108 cm³/mol. The van der Waals surface area contributed by atoms with Gasteiger partial charge in [0.2, 0.25) is 0 Å². The summed E-state index contributed by atoms with van der Waals surface area (Å²) >= 11 is 0. The number of benzene rings is 2. The average molecular weight is 327 g/mol. The molecule has 1 atom stereocenters. The summed E-state index contributed by atoms with van der Waals surface area (Å²) in [6.07, 6.45) is 14.8. The Bertz CT molecular complexity index is 823. The van der Waals surface area contributed by atoms with Crippen molar-refractivity contribution in [2.75, 3.05) is 11.4 Å². The van der Waals surface area contributed by atoms with Crippen LogP contribution < -0.4 is 4.90 Å². The Hall–Kier alpha value is -2.54. The maximum Gasteiger partial charge on any atom is 0.0446 e. The summed E-state index contributed by atoms with van der Waals surface area (Å²) in [6, 6.07) is 17.8. The van der Waals surface area contributed by atoms with Crippen molar-refractivity contribution in [3.63, 3.8) is 0 Å². The van der Waals surface area contributed by atoms with Gasteiger partial charge in [0.1, 0.15) is 0 Å². The van der Waals surface area contributed by atoms with E-state index in [9.17, 15) is 0 Å². The van der Waals surface area contributed by atoms with Gasteiger partial charge in [0.15, 0.2) is 0 Å². The van der Waals surface area contributed by atoms with Crippen molar-refractivity contribution in [3.8, 4) is 0 Å². The van der Waals surface area contributed by atoms with Crippen LogP contribution in [0.25, 0.3) is 5.70 Å². The van der Waals surface area contributed by atoms with Gasteiger partial charge in [-0.25, -0.2) is 0 Å². The molecule has 0 spiro atoms. The van der Waals surface area contributed by atoms with Crippen LogP contribution >= 0.6 is 0 Å². The number of hydrogen-bond donors (Lipinski definition) is 0. The molecule has 0 saturated carbocycles.